The molecule has 0 saturated heterocycles. The van der Waals surface area contributed by atoms with Crippen LogP contribution in [0.15, 0.2) is 30.6 Å². The van der Waals surface area contributed by atoms with E-state index < -0.39 is 0 Å². The molecule has 1 N–H and O–H groups in total. The van der Waals surface area contributed by atoms with Gasteiger partial charge in [0.25, 0.3) is 0 Å². The molecule has 0 bridgehead atoms. The Balaban J connectivity index is 1.83. The molecule has 0 radical (unpaired) electrons. The van der Waals surface area contributed by atoms with Gasteiger partial charge in [-0.25, -0.2) is 14.6 Å². The van der Waals surface area contributed by atoms with Crippen LogP contribution in [0.5, 0.6) is 0 Å². The fourth-order valence-electron chi connectivity index (χ4n) is 3.41. The van der Waals surface area contributed by atoms with Crippen LogP contribution in [0, 0.1) is 6.92 Å². The molecule has 4 rings (SSSR count). The molecule has 1 saturated carbocycles. The summed E-state index contributed by atoms with van der Waals surface area (Å²) < 4.78 is 2.13. The first-order chi connectivity index (χ1) is 11.3. The number of nitrogens with zero attached hydrogens (tertiary/aromatic N) is 5. The topological polar surface area (TPSA) is 72.3 Å². The molecule has 2 aromatic heterocycles. The smallest absolute Gasteiger partial charge is 0.159 e. The SMILES string of the molecule is Cc1nc(-c2ccccc2-c2ncn[nH]2)n(C2CCCCC2)n1. The predicted molar refractivity (Wildman–Crippen MR) is 87.7 cm³/mol. The maximum absolute atomic E-state index is 4.72. The highest BCUT2D eigenvalue weighted by Crippen LogP contribution is 2.34. The van der Waals surface area contributed by atoms with E-state index in [0.29, 0.717) is 6.04 Å². The van der Waals surface area contributed by atoms with Gasteiger partial charge in [-0.05, 0) is 19.8 Å². The van der Waals surface area contributed by atoms with Crippen molar-refractivity contribution in [3.8, 4) is 22.8 Å². The van der Waals surface area contributed by atoms with Gasteiger partial charge in [0.05, 0.1) is 6.04 Å². The first-order valence-electron chi connectivity index (χ1n) is 8.21. The number of aryl methyl sites for hydroxylation is 1. The lowest BCUT2D eigenvalue weighted by atomic mass is 9.95. The fraction of sp³-hybridized carbons (Fsp3) is 0.412. The van der Waals surface area contributed by atoms with Crippen LogP contribution in [-0.4, -0.2) is 29.9 Å². The van der Waals surface area contributed by atoms with Crippen molar-refractivity contribution < 1.29 is 0 Å². The van der Waals surface area contributed by atoms with E-state index in [9.17, 15) is 0 Å². The van der Waals surface area contributed by atoms with Crippen LogP contribution in [-0.2, 0) is 0 Å². The Morgan fingerprint density at radius 2 is 1.87 bits per heavy atom. The van der Waals surface area contributed by atoms with Crippen molar-refractivity contribution in [2.24, 2.45) is 0 Å². The first-order valence-corrected chi connectivity index (χ1v) is 8.21. The van der Waals surface area contributed by atoms with Crippen LogP contribution in [0.2, 0.25) is 0 Å². The van der Waals surface area contributed by atoms with Gasteiger partial charge in [0.1, 0.15) is 12.2 Å². The van der Waals surface area contributed by atoms with Gasteiger partial charge in [-0.2, -0.15) is 10.2 Å². The van der Waals surface area contributed by atoms with Crippen LogP contribution in [0.4, 0.5) is 0 Å². The van der Waals surface area contributed by atoms with Crippen molar-refractivity contribution >= 4 is 0 Å². The Labute approximate surface area is 135 Å². The molecule has 0 amide bonds. The van der Waals surface area contributed by atoms with E-state index in [4.69, 9.17) is 10.1 Å². The second-order valence-electron chi connectivity index (χ2n) is 6.10. The third-order valence-corrected chi connectivity index (χ3v) is 4.50. The lowest BCUT2D eigenvalue weighted by Gasteiger charge is -2.23. The maximum atomic E-state index is 4.72. The van der Waals surface area contributed by atoms with Gasteiger partial charge >= 0.3 is 0 Å². The number of aromatic nitrogens is 6. The molecule has 6 nitrogen and oxygen atoms in total. The second kappa shape index (κ2) is 5.95. The molecule has 0 atom stereocenters. The molecule has 1 aromatic carbocycles. The van der Waals surface area contributed by atoms with E-state index in [1.54, 1.807) is 0 Å². The standard InChI is InChI=1S/C17H20N6/c1-12-20-17(23(22-12)13-7-3-2-4-8-13)15-10-6-5-9-14(15)16-18-11-19-21-16/h5-6,9-11,13H,2-4,7-8H2,1H3,(H,18,19,21). The Hall–Kier alpha value is -2.50. The fourth-order valence-corrected chi connectivity index (χ4v) is 3.41. The molecule has 118 valence electrons. The number of hydrogen-bond donors (Lipinski definition) is 1. The summed E-state index contributed by atoms with van der Waals surface area (Å²) in [5.74, 6) is 2.51. The van der Waals surface area contributed by atoms with Crippen molar-refractivity contribution in [1.82, 2.24) is 29.9 Å². The summed E-state index contributed by atoms with van der Waals surface area (Å²) in [6.45, 7) is 1.96. The Kier molecular flexibility index (Phi) is 3.65. The van der Waals surface area contributed by atoms with E-state index in [1.807, 2.05) is 25.1 Å². The van der Waals surface area contributed by atoms with Crippen molar-refractivity contribution in [2.45, 2.75) is 45.1 Å². The average Bonchev–Trinajstić information content (AvgIpc) is 3.25. The molecule has 0 unspecified atom stereocenters. The zero-order valence-corrected chi connectivity index (χ0v) is 13.2. The minimum absolute atomic E-state index is 0.447. The van der Waals surface area contributed by atoms with E-state index in [2.05, 4.69) is 25.9 Å². The third-order valence-electron chi connectivity index (χ3n) is 4.50. The Bertz CT molecular complexity index is 783. The summed E-state index contributed by atoms with van der Waals surface area (Å²) in [6.07, 6.45) is 7.76. The largest absolute Gasteiger partial charge is 0.259 e. The van der Waals surface area contributed by atoms with Gasteiger partial charge in [-0.3, -0.25) is 5.10 Å². The highest BCUT2D eigenvalue weighted by molar-refractivity contribution is 5.76. The van der Waals surface area contributed by atoms with Crippen LogP contribution in [0.3, 0.4) is 0 Å². The highest BCUT2D eigenvalue weighted by atomic mass is 15.4. The summed E-state index contributed by atoms with van der Waals surface area (Å²) in [5, 5.41) is 11.6. The number of benzene rings is 1. The van der Waals surface area contributed by atoms with Gasteiger partial charge in [0.15, 0.2) is 11.6 Å². The summed E-state index contributed by atoms with van der Waals surface area (Å²) in [4.78, 5) is 9.01. The van der Waals surface area contributed by atoms with Gasteiger partial charge in [0.2, 0.25) is 0 Å². The molecule has 3 aromatic rings. The van der Waals surface area contributed by atoms with Crippen LogP contribution < -0.4 is 0 Å². The molecule has 0 spiro atoms. The molecule has 2 heterocycles. The molecular formula is C17H20N6. The monoisotopic (exact) mass is 308 g/mol. The Morgan fingerprint density at radius 3 is 2.61 bits per heavy atom. The summed E-state index contributed by atoms with van der Waals surface area (Å²) >= 11 is 0. The van der Waals surface area contributed by atoms with Crippen molar-refractivity contribution in [3.63, 3.8) is 0 Å². The number of aromatic amines is 1. The van der Waals surface area contributed by atoms with E-state index >= 15 is 0 Å². The summed E-state index contributed by atoms with van der Waals surface area (Å²) in [5.41, 5.74) is 2.06. The first kappa shape index (κ1) is 14.1. The lowest BCUT2D eigenvalue weighted by Crippen LogP contribution is -2.15. The van der Waals surface area contributed by atoms with Crippen molar-refractivity contribution in [2.75, 3.05) is 0 Å². The minimum Gasteiger partial charge on any atom is -0.259 e. The van der Waals surface area contributed by atoms with E-state index in [0.717, 1.165) is 28.6 Å². The van der Waals surface area contributed by atoms with Crippen LogP contribution in [0.1, 0.15) is 44.0 Å². The number of nitrogens with one attached hydrogen (secondary N) is 1. The third kappa shape index (κ3) is 2.65. The molecule has 0 aliphatic heterocycles. The molecular weight excluding hydrogens is 288 g/mol. The normalized spacial score (nSPS) is 15.9. The lowest BCUT2D eigenvalue weighted by molar-refractivity contribution is 0.331. The quantitative estimate of drug-likeness (QED) is 0.803. The van der Waals surface area contributed by atoms with Crippen molar-refractivity contribution in [3.05, 3.63) is 36.4 Å². The van der Waals surface area contributed by atoms with Gasteiger partial charge in [-0.15, -0.1) is 0 Å². The highest BCUT2D eigenvalue weighted by Gasteiger charge is 2.23. The molecule has 1 aliphatic carbocycles. The summed E-state index contributed by atoms with van der Waals surface area (Å²) in [7, 11) is 0. The molecule has 23 heavy (non-hydrogen) atoms. The molecule has 1 aliphatic rings. The van der Waals surface area contributed by atoms with Gasteiger partial charge in [-0.1, -0.05) is 43.5 Å². The van der Waals surface area contributed by atoms with Crippen LogP contribution in [0.25, 0.3) is 22.8 Å². The second-order valence-corrected chi connectivity index (χ2v) is 6.10. The Morgan fingerprint density at radius 1 is 1.09 bits per heavy atom. The predicted octanol–water partition coefficient (Wildman–Crippen LogP) is 3.54. The van der Waals surface area contributed by atoms with Gasteiger partial charge in [0, 0.05) is 11.1 Å². The van der Waals surface area contributed by atoms with E-state index in [1.165, 1.54) is 38.4 Å². The van der Waals surface area contributed by atoms with Gasteiger partial charge < -0.3 is 0 Å². The zero-order valence-electron chi connectivity index (χ0n) is 13.2. The average molecular weight is 308 g/mol. The zero-order chi connectivity index (χ0) is 15.6. The summed E-state index contributed by atoms with van der Waals surface area (Å²) in [6, 6.07) is 8.62. The van der Waals surface area contributed by atoms with E-state index in [-0.39, 0.29) is 0 Å². The van der Waals surface area contributed by atoms with Crippen LogP contribution >= 0.6 is 0 Å². The number of rotatable bonds is 3. The number of hydrogen-bond acceptors (Lipinski definition) is 4. The minimum atomic E-state index is 0.447. The number of H-pyrrole nitrogens is 1. The van der Waals surface area contributed by atoms with Crippen molar-refractivity contribution in [1.29, 1.82) is 0 Å². The molecule has 1 fully saturated rings. The molecule has 6 heteroatoms. The maximum Gasteiger partial charge on any atom is 0.159 e.